The number of aromatic nitrogens is 2. The number of ether oxygens (including phenoxy) is 1. The minimum atomic E-state index is -0.604. The maximum Gasteiger partial charge on any atom is 0.294 e. The van der Waals surface area contributed by atoms with E-state index in [1.165, 1.54) is 25.2 Å². The van der Waals surface area contributed by atoms with E-state index in [4.69, 9.17) is 16.3 Å². The number of Topliss-reactive ketones (excluding diaryl/α,β-unsaturated/α-hetero) is 2. The topological polar surface area (TPSA) is 92.7 Å². The largest absolute Gasteiger partial charge is 0.496 e. The second-order valence-electron chi connectivity index (χ2n) is 9.71. The van der Waals surface area contributed by atoms with Crippen LogP contribution in [0.3, 0.4) is 0 Å². The lowest BCUT2D eigenvalue weighted by Crippen LogP contribution is -2.30. The van der Waals surface area contributed by atoms with Gasteiger partial charge in [0, 0.05) is 62.8 Å². The maximum atomic E-state index is 12.8. The first-order valence-corrected chi connectivity index (χ1v) is 12.7. The van der Waals surface area contributed by atoms with Crippen molar-refractivity contribution in [3.63, 3.8) is 0 Å². The number of carbonyl (C=O) groups is 3. The van der Waals surface area contributed by atoms with Crippen LogP contribution in [0.25, 0.3) is 0 Å². The number of amides is 1. The van der Waals surface area contributed by atoms with E-state index in [0.29, 0.717) is 52.0 Å². The van der Waals surface area contributed by atoms with E-state index in [0.717, 1.165) is 11.1 Å². The molecule has 3 rings (SSSR count). The van der Waals surface area contributed by atoms with Gasteiger partial charge in [0.25, 0.3) is 11.7 Å². The normalized spacial score (nSPS) is 10.8. The van der Waals surface area contributed by atoms with Gasteiger partial charge in [-0.15, -0.1) is 0 Å². The van der Waals surface area contributed by atoms with Crippen LogP contribution in [-0.4, -0.2) is 79.1 Å². The number of likely N-dealkylation sites (N-methyl/N-ethyl adjacent to an activating group) is 2. The van der Waals surface area contributed by atoms with Gasteiger partial charge in [0.2, 0.25) is 0 Å². The van der Waals surface area contributed by atoms with Crippen LogP contribution in [0.1, 0.15) is 38.6 Å². The summed E-state index contributed by atoms with van der Waals surface area (Å²) in [4.78, 5) is 49.9. The molecule has 0 spiro atoms. The van der Waals surface area contributed by atoms with Gasteiger partial charge in [-0.2, -0.15) is 0 Å². The average Bonchev–Trinajstić information content (AvgIpc) is 2.89. The van der Waals surface area contributed by atoms with Crippen molar-refractivity contribution in [1.82, 2.24) is 19.8 Å². The van der Waals surface area contributed by atoms with E-state index in [-0.39, 0.29) is 18.6 Å². The van der Waals surface area contributed by atoms with Crippen LogP contribution in [0.4, 0.5) is 0 Å². The fourth-order valence-electron chi connectivity index (χ4n) is 4.08. The molecular formula is C30H33ClN4O4. The number of hydrogen-bond acceptors (Lipinski definition) is 7. The van der Waals surface area contributed by atoms with Crippen molar-refractivity contribution in [2.45, 2.75) is 19.3 Å². The highest BCUT2D eigenvalue weighted by atomic mass is 35.5. The van der Waals surface area contributed by atoms with Gasteiger partial charge in [0.05, 0.1) is 17.8 Å². The number of hydrogen-bond donors (Lipinski definition) is 0. The van der Waals surface area contributed by atoms with Gasteiger partial charge >= 0.3 is 0 Å². The number of benzene rings is 2. The molecule has 2 aromatic carbocycles. The Balaban J connectivity index is 1.86. The molecule has 0 unspecified atom stereocenters. The van der Waals surface area contributed by atoms with Crippen LogP contribution in [-0.2, 0) is 28.9 Å². The second kappa shape index (κ2) is 13.3. The van der Waals surface area contributed by atoms with Crippen LogP contribution >= 0.6 is 11.6 Å². The highest BCUT2D eigenvalue weighted by molar-refractivity contribution is 6.43. The van der Waals surface area contributed by atoms with E-state index in [2.05, 4.69) is 16.5 Å². The number of halogens is 1. The van der Waals surface area contributed by atoms with Gasteiger partial charge in [-0.05, 0) is 31.3 Å². The molecule has 1 heterocycles. The summed E-state index contributed by atoms with van der Waals surface area (Å²) < 4.78 is 5.55. The fraction of sp³-hybridized carbons (Fsp3) is 0.300. The molecule has 0 radical (unpaired) electrons. The molecule has 0 aliphatic carbocycles. The Morgan fingerprint density at radius 2 is 1.72 bits per heavy atom. The van der Waals surface area contributed by atoms with Crippen molar-refractivity contribution in [3.8, 4) is 5.75 Å². The average molecular weight is 549 g/mol. The highest BCUT2D eigenvalue weighted by Crippen LogP contribution is 2.25. The number of ketones is 2. The Kier molecular flexibility index (Phi) is 10.1. The van der Waals surface area contributed by atoms with Gasteiger partial charge in [-0.3, -0.25) is 14.4 Å². The monoisotopic (exact) mass is 548 g/mol. The van der Waals surface area contributed by atoms with Crippen molar-refractivity contribution in [1.29, 1.82) is 0 Å². The molecule has 204 valence electrons. The van der Waals surface area contributed by atoms with Gasteiger partial charge in [-0.1, -0.05) is 54.6 Å². The molecule has 1 aromatic heterocycles. The van der Waals surface area contributed by atoms with Crippen LogP contribution in [0.2, 0.25) is 5.02 Å². The predicted octanol–water partition coefficient (Wildman–Crippen LogP) is 3.82. The number of nitrogens with zero attached hydrogens (tertiary/aromatic N) is 4. The molecule has 1 amide bonds. The van der Waals surface area contributed by atoms with E-state index >= 15 is 0 Å². The van der Waals surface area contributed by atoms with Crippen molar-refractivity contribution in [2.24, 2.45) is 0 Å². The van der Waals surface area contributed by atoms with Crippen LogP contribution in [0, 0.1) is 0 Å². The van der Waals surface area contributed by atoms with E-state index in [9.17, 15) is 14.4 Å². The first kappa shape index (κ1) is 29.7. The summed E-state index contributed by atoms with van der Waals surface area (Å²) in [6.07, 6.45) is 2.34. The number of carbonyl (C=O) groups excluding carboxylic acids is 3. The van der Waals surface area contributed by atoms with Crippen molar-refractivity contribution >= 4 is 29.1 Å². The summed E-state index contributed by atoms with van der Waals surface area (Å²) in [6, 6.07) is 12.5. The third kappa shape index (κ3) is 7.81. The smallest absolute Gasteiger partial charge is 0.294 e. The molecule has 9 heteroatoms. The fourth-order valence-corrected chi connectivity index (χ4v) is 4.24. The van der Waals surface area contributed by atoms with Crippen molar-refractivity contribution in [2.75, 3.05) is 41.8 Å². The zero-order valence-electron chi connectivity index (χ0n) is 23.0. The first-order chi connectivity index (χ1) is 18.5. The summed E-state index contributed by atoms with van der Waals surface area (Å²) in [7, 11) is 8.44. The molecule has 8 nitrogen and oxygen atoms in total. The zero-order chi connectivity index (χ0) is 28.7. The van der Waals surface area contributed by atoms with E-state index < -0.39 is 11.7 Å². The van der Waals surface area contributed by atoms with Gasteiger partial charge in [0.1, 0.15) is 11.6 Å². The quantitative estimate of drug-likeness (QED) is 0.193. The minimum Gasteiger partial charge on any atom is -0.496 e. The highest BCUT2D eigenvalue weighted by Gasteiger charge is 2.22. The lowest BCUT2D eigenvalue weighted by atomic mass is 9.98. The first-order valence-electron chi connectivity index (χ1n) is 12.4. The number of methoxy groups -OCH3 is 1. The predicted molar refractivity (Wildman–Crippen MR) is 152 cm³/mol. The maximum absolute atomic E-state index is 12.8. The SMILES string of the molecule is C=C(CN(C)C)C(=O)Cc1ccc(OC)c(Cc2ncc(Cl)c(Cc3ccccc3C(=O)C(=O)N(C)C)n2)c1. The molecular weight excluding hydrogens is 516 g/mol. The molecule has 0 fully saturated rings. The third-order valence-corrected chi connectivity index (χ3v) is 6.36. The van der Waals surface area contributed by atoms with Crippen LogP contribution in [0.15, 0.2) is 60.8 Å². The summed E-state index contributed by atoms with van der Waals surface area (Å²) in [6.45, 7) is 4.41. The molecule has 39 heavy (non-hydrogen) atoms. The molecule has 0 aliphatic rings. The molecule has 0 atom stereocenters. The molecule has 3 aromatic rings. The number of rotatable bonds is 12. The Hall–Kier alpha value is -3.88. The molecule has 0 aliphatic heterocycles. The summed E-state index contributed by atoms with van der Waals surface area (Å²) in [5.74, 6) is -0.0678. The Morgan fingerprint density at radius 1 is 1.00 bits per heavy atom. The lowest BCUT2D eigenvalue weighted by Gasteiger charge is -2.14. The molecule has 0 saturated carbocycles. The third-order valence-electron chi connectivity index (χ3n) is 6.05. The Morgan fingerprint density at radius 3 is 2.38 bits per heavy atom. The summed E-state index contributed by atoms with van der Waals surface area (Å²) in [5.41, 5.74) is 3.69. The second-order valence-corrected chi connectivity index (χ2v) is 10.1. The standard InChI is InChI=1S/C30H33ClN4O4/c1-19(18-34(2)3)26(36)14-20-11-12-27(39-6)22(13-20)16-28-32-17-24(31)25(33-28)15-21-9-7-8-10-23(21)29(37)30(38)35(4)5/h7-13,17H,1,14-16,18H2,2-6H3. The van der Waals surface area contributed by atoms with E-state index in [1.54, 1.807) is 31.4 Å². The van der Waals surface area contributed by atoms with Gasteiger partial charge in [-0.25, -0.2) is 9.97 Å². The van der Waals surface area contributed by atoms with Crippen molar-refractivity contribution < 1.29 is 19.1 Å². The Bertz CT molecular complexity index is 1400. The molecule has 0 saturated heterocycles. The molecule has 0 bridgehead atoms. The Labute approximate surface area is 234 Å². The zero-order valence-corrected chi connectivity index (χ0v) is 23.7. The lowest BCUT2D eigenvalue weighted by molar-refractivity contribution is -0.124. The molecule has 0 N–H and O–H groups in total. The van der Waals surface area contributed by atoms with Gasteiger partial charge in [0.15, 0.2) is 5.78 Å². The summed E-state index contributed by atoms with van der Waals surface area (Å²) >= 11 is 6.44. The minimum absolute atomic E-state index is 0.0224. The van der Waals surface area contributed by atoms with Gasteiger partial charge < -0.3 is 14.5 Å². The summed E-state index contributed by atoms with van der Waals surface area (Å²) in [5, 5.41) is 0.352. The van der Waals surface area contributed by atoms with Crippen LogP contribution in [0.5, 0.6) is 5.75 Å². The van der Waals surface area contributed by atoms with E-state index in [1.807, 2.05) is 37.2 Å². The van der Waals surface area contributed by atoms with Crippen LogP contribution < -0.4 is 4.74 Å². The van der Waals surface area contributed by atoms with Crippen molar-refractivity contribution in [3.05, 3.63) is 99.6 Å².